The largest absolute Gasteiger partial charge is 0.488 e. The molecule has 1 aliphatic rings. The maximum Gasteiger partial charge on any atom is 0.175 e. The number of hydrogen-bond acceptors (Lipinski definition) is 5. The first-order chi connectivity index (χ1) is 11.8. The lowest BCUT2D eigenvalue weighted by Crippen LogP contribution is -2.29. The molecule has 0 atom stereocenters. The first-order valence-corrected chi connectivity index (χ1v) is 7.96. The van der Waals surface area contributed by atoms with Gasteiger partial charge in [0, 0.05) is 24.6 Å². The Labute approximate surface area is 140 Å². The fourth-order valence-electron chi connectivity index (χ4n) is 2.90. The third-order valence-corrected chi connectivity index (χ3v) is 4.12. The van der Waals surface area contributed by atoms with Gasteiger partial charge in [-0.15, -0.1) is 0 Å². The zero-order chi connectivity index (χ0) is 16.4. The van der Waals surface area contributed by atoms with Crippen LogP contribution in [0.15, 0.2) is 60.9 Å². The Morgan fingerprint density at radius 3 is 2.71 bits per heavy atom. The minimum absolute atomic E-state index is 0.447. The summed E-state index contributed by atoms with van der Waals surface area (Å²) >= 11 is 0. The van der Waals surface area contributed by atoms with Crippen molar-refractivity contribution in [2.75, 3.05) is 18.1 Å². The molecule has 3 heterocycles. The lowest BCUT2D eigenvalue weighted by atomic mass is 10.1. The predicted octanol–water partition coefficient (Wildman–Crippen LogP) is 3.13. The average molecular weight is 318 g/mol. The highest BCUT2D eigenvalue weighted by molar-refractivity contribution is 5.71. The van der Waals surface area contributed by atoms with E-state index in [-0.39, 0.29) is 0 Å². The van der Waals surface area contributed by atoms with Crippen molar-refractivity contribution in [1.82, 2.24) is 9.97 Å². The van der Waals surface area contributed by atoms with E-state index in [4.69, 9.17) is 10.5 Å². The zero-order valence-corrected chi connectivity index (χ0v) is 13.2. The molecule has 2 N–H and O–H groups in total. The number of nitrogens with two attached hydrogens (primary N) is 1. The molecule has 0 fully saturated rings. The van der Waals surface area contributed by atoms with Gasteiger partial charge in [0.2, 0.25) is 0 Å². The van der Waals surface area contributed by atoms with E-state index in [9.17, 15) is 0 Å². The van der Waals surface area contributed by atoms with Crippen molar-refractivity contribution in [1.29, 1.82) is 0 Å². The van der Waals surface area contributed by atoms with Gasteiger partial charge >= 0.3 is 0 Å². The number of anilines is 2. The van der Waals surface area contributed by atoms with Gasteiger partial charge in [0.25, 0.3) is 0 Å². The van der Waals surface area contributed by atoms with Crippen LogP contribution in [-0.2, 0) is 6.54 Å². The number of fused-ring (bicyclic) bond motifs is 1. The number of rotatable bonds is 3. The molecule has 0 spiro atoms. The van der Waals surface area contributed by atoms with E-state index in [1.165, 1.54) is 0 Å². The van der Waals surface area contributed by atoms with Gasteiger partial charge in [-0.2, -0.15) is 0 Å². The SMILES string of the molecule is NCc1cc(-c2ccc(N3CCOc4cccnc43)cc2)ccn1. The predicted molar refractivity (Wildman–Crippen MR) is 94.3 cm³/mol. The lowest BCUT2D eigenvalue weighted by molar-refractivity contribution is 0.312. The van der Waals surface area contributed by atoms with Crippen LogP contribution < -0.4 is 15.4 Å². The van der Waals surface area contributed by atoms with Crippen molar-refractivity contribution in [3.8, 4) is 16.9 Å². The number of hydrogen-bond donors (Lipinski definition) is 1. The lowest BCUT2D eigenvalue weighted by Gasteiger charge is -2.30. The Morgan fingerprint density at radius 2 is 1.88 bits per heavy atom. The molecule has 0 unspecified atom stereocenters. The van der Waals surface area contributed by atoms with E-state index in [0.29, 0.717) is 13.2 Å². The van der Waals surface area contributed by atoms with Crippen LogP contribution in [0.5, 0.6) is 5.75 Å². The minimum atomic E-state index is 0.447. The second-order valence-electron chi connectivity index (χ2n) is 5.61. The van der Waals surface area contributed by atoms with Crippen molar-refractivity contribution in [3.63, 3.8) is 0 Å². The van der Waals surface area contributed by atoms with E-state index < -0.39 is 0 Å². The molecule has 0 aliphatic carbocycles. The van der Waals surface area contributed by atoms with E-state index in [2.05, 4.69) is 39.1 Å². The second-order valence-corrected chi connectivity index (χ2v) is 5.61. The summed E-state index contributed by atoms with van der Waals surface area (Å²) in [7, 11) is 0. The van der Waals surface area contributed by atoms with Gasteiger partial charge in [0.05, 0.1) is 12.2 Å². The molecule has 2 aromatic heterocycles. The molecule has 1 aliphatic heterocycles. The Morgan fingerprint density at radius 1 is 1.00 bits per heavy atom. The van der Waals surface area contributed by atoms with Crippen LogP contribution in [0.2, 0.25) is 0 Å². The third-order valence-electron chi connectivity index (χ3n) is 4.12. The molecule has 0 bridgehead atoms. The molecule has 0 radical (unpaired) electrons. The first-order valence-electron chi connectivity index (χ1n) is 7.96. The first kappa shape index (κ1) is 14.7. The molecule has 4 rings (SSSR count). The van der Waals surface area contributed by atoms with Crippen molar-refractivity contribution >= 4 is 11.5 Å². The van der Waals surface area contributed by atoms with E-state index >= 15 is 0 Å². The van der Waals surface area contributed by atoms with Crippen LogP contribution in [0.3, 0.4) is 0 Å². The number of pyridine rings is 2. The highest BCUT2D eigenvalue weighted by Crippen LogP contribution is 2.35. The summed E-state index contributed by atoms with van der Waals surface area (Å²) < 4.78 is 5.67. The van der Waals surface area contributed by atoms with Gasteiger partial charge < -0.3 is 15.4 Å². The maximum absolute atomic E-state index is 5.68. The van der Waals surface area contributed by atoms with Gasteiger partial charge in [-0.3, -0.25) is 4.98 Å². The molecular weight excluding hydrogens is 300 g/mol. The summed E-state index contributed by atoms with van der Waals surface area (Å²) in [6.45, 7) is 1.89. The Kier molecular flexibility index (Phi) is 3.84. The molecule has 0 saturated heterocycles. The summed E-state index contributed by atoms with van der Waals surface area (Å²) in [5.74, 6) is 1.69. The number of aromatic nitrogens is 2. The molecule has 24 heavy (non-hydrogen) atoms. The molecule has 5 nitrogen and oxygen atoms in total. The minimum Gasteiger partial charge on any atom is -0.488 e. The van der Waals surface area contributed by atoms with Crippen molar-refractivity contribution in [2.45, 2.75) is 6.54 Å². The Bertz CT molecular complexity index is 848. The van der Waals surface area contributed by atoms with Crippen LogP contribution in [-0.4, -0.2) is 23.1 Å². The fraction of sp³-hybridized carbons (Fsp3) is 0.158. The molecule has 5 heteroatoms. The monoisotopic (exact) mass is 318 g/mol. The van der Waals surface area contributed by atoms with E-state index in [1.54, 1.807) is 12.4 Å². The number of benzene rings is 1. The van der Waals surface area contributed by atoms with Crippen molar-refractivity contribution in [2.24, 2.45) is 5.73 Å². The van der Waals surface area contributed by atoms with Gasteiger partial charge in [0.1, 0.15) is 6.61 Å². The normalized spacial score (nSPS) is 13.3. The quantitative estimate of drug-likeness (QED) is 0.804. The van der Waals surface area contributed by atoms with E-state index in [1.807, 2.05) is 24.3 Å². The zero-order valence-electron chi connectivity index (χ0n) is 13.2. The topological polar surface area (TPSA) is 64.3 Å². The van der Waals surface area contributed by atoms with Crippen LogP contribution in [0.4, 0.5) is 11.5 Å². The number of nitrogens with zero attached hydrogens (tertiary/aromatic N) is 3. The molecular formula is C19H18N4O. The van der Waals surface area contributed by atoms with Crippen LogP contribution in [0.1, 0.15) is 5.69 Å². The molecule has 120 valence electrons. The standard InChI is InChI=1S/C19H18N4O/c20-13-16-12-15(7-9-21-16)14-3-5-17(6-4-14)23-10-11-24-18-2-1-8-22-19(18)23/h1-9,12H,10-11,13,20H2. The maximum atomic E-state index is 5.68. The fourth-order valence-corrected chi connectivity index (χ4v) is 2.90. The Hall–Kier alpha value is -2.92. The van der Waals surface area contributed by atoms with Crippen LogP contribution >= 0.6 is 0 Å². The van der Waals surface area contributed by atoms with Gasteiger partial charge in [-0.25, -0.2) is 4.98 Å². The summed E-state index contributed by atoms with van der Waals surface area (Å²) in [5, 5.41) is 0. The molecule has 1 aromatic carbocycles. The summed E-state index contributed by atoms with van der Waals surface area (Å²) in [4.78, 5) is 10.9. The Balaban J connectivity index is 1.65. The highest BCUT2D eigenvalue weighted by Gasteiger charge is 2.20. The molecule has 0 saturated carbocycles. The van der Waals surface area contributed by atoms with Crippen molar-refractivity contribution in [3.05, 3.63) is 66.6 Å². The van der Waals surface area contributed by atoms with Gasteiger partial charge in [0.15, 0.2) is 11.6 Å². The van der Waals surface area contributed by atoms with Crippen LogP contribution in [0.25, 0.3) is 11.1 Å². The molecule has 3 aromatic rings. The average Bonchev–Trinajstić information content (AvgIpc) is 2.68. The summed E-state index contributed by atoms with van der Waals surface area (Å²) in [6.07, 6.45) is 3.59. The second kappa shape index (κ2) is 6.29. The van der Waals surface area contributed by atoms with Gasteiger partial charge in [-0.05, 0) is 47.5 Å². The van der Waals surface area contributed by atoms with Crippen molar-refractivity contribution < 1.29 is 4.74 Å². The van der Waals surface area contributed by atoms with Crippen LogP contribution in [0, 0.1) is 0 Å². The number of ether oxygens (including phenoxy) is 1. The highest BCUT2D eigenvalue weighted by atomic mass is 16.5. The third kappa shape index (κ3) is 2.70. The van der Waals surface area contributed by atoms with Gasteiger partial charge in [-0.1, -0.05) is 12.1 Å². The molecule has 0 amide bonds. The smallest absolute Gasteiger partial charge is 0.175 e. The summed E-state index contributed by atoms with van der Waals surface area (Å²) in [5.41, 5.74) is 9.94. The van der Waals surface area contributed by atoms with E-state index in [0.717, 1.165) is 40.6 Å². The summed E-state index contributed by atoms with van der Waals surface area (Å²) in [6, 6.07) is 16.3.